The Morgan fingerprint density at radius 3 is 2.52 bits per heavy atom. The van der Waals surface area contributed by atoms with E-state index in [1.54, 1.807) is 14.0 Å². The maximum Gasteiger partial charge on any atom is 0.162 e. The first-order valence-electron chi connectivity index (χ1n) is 10.9. The van der Waals surface area contributed by atoms with Crippen molar-refractivity contribution in [1.29, 1.82) is 0 Å². The summed E-state index contributed by atoms with van der Waals surface area (Å²) >= 11 is 6.21. The molecule has 31 heavy (non-hydrogen) atoms. The number of aromatic nitrogens is 1. The molecule has 0 spiro atoms. The molecule has 2 heterocycles. The number of ether oxygens (including phenoxy) is 2. The first-order chi connectivity index (χ1) is 15.1. The molecule has 5 nitrogen and oxygen atoms in total. The molecule has 1 saturated heterocycles. The fourth-order valence-electron chi connectivity index (χ4n) is 4.38. The predicted octanol–water partition coefficient (Wildman–Crippen LogP) is 5.44. The largest absolute Gasteiger partial charge is 0.496 e. The summed E-state index contributed by atoms with van der Waals surface area (Å²) in [5.41, 5.74) is 1.78. The average Bonchev–Trinajstić information content (AvgIpc) is 3.16. The van der Waals surface area contributed by atoms with E-state index in [-0.39, 0.29) is 11.9 Å². The number of para-hydroxylation sites is 1. The van der Waals surface area contributed by atoms with Crippen molar-refractivity contribution in [3.8, 4) is 11.5 Å². The average molecular weight is 441 g/mol. The molecule has 6 heteroatoms. The van der Waals surface area contributed by atoms with Crippen molar-refractivity contribution >= 4 is 28.3 Å². The quantitative estimate of drug-likeness (QED) is 0.437. The molecule has 164 valence electrons. The van der Waals surface area contributed by atoms with Crippen LogP contribution < -0.4 is 9.47 Å². The molecule has 1 aromatic heterocycles. The summed E-state index contributed by atoms with van der Waals surface area (Å²) < 4.78 is 13.8. The van der Waals surface area contributed by atoms with Gasteiger partial charge in [-0.15, -0.1) is 0 Å². The van der Waals surface area contributed by atoms with Crippen LogP contribution >= 0.6 is 11.6 Å². The maximum absolute atomic E-state index is 12.1. The van der Waals surface area contributed by atoms with Crippen molar-refractivity contribution in [2.45, 2.75) is 38.8 Å². The summed E-state index contributed by atoms with van der Waals surface area (Å²) in [6.45, 7) is 5.55. The Labute approximate surface area is 188 Å². The van der Waals surface area contributed by atoms with Crippen LogP contribution in [-0.2, 0) is 6.54 Å². The third-order valence-corrected chi connectivity index (χ3v) is 6.32. The first kappa shape index (κ1) is 21.7. The minimum Gasteiger partial charge on any atom is -0.496 e. The molecular formula is C25H29ClN2O3. The Hall–Kier alpha value is -2.50. The SMILES string of the molecule is COc1cccc2c1c(C(C)=O)cn2CCCN1CCC(Oc2ccccc2Cl)CC1. The van der Waals surface area contributed by atoms with Crippen molar-refractivity contribution < 1.29 is 14.3 Å². The second kappa shape index (κ2) is 9.75. The second-order valence-corrected chi connectivity index (χ2v) is 8.50. The lowest BCUT2D eigenvalue weighted by atomic mass is 10.1. The summed E-state index contributed by atoms with van der Waals surface area (Å²) in [5, 5.41) is 1.58. The van der Waals surface area contributed by atoms with Gasteiger partial charge in [0.05, 0.1) is 23.0 Å². The highest BCUT2D eigenvalue weighted by molar-refractivity contribution is 6.32. The predicted molar refractivity (Wildman–Crippen MR) is 125 cm³/mol. The molecule has 0 unspecified atom stereocenters. The van der Waals surface area contributed by atoms with E-state index in [4.69, 9.17) is 21.1 Å². The molecule has 3 aromatic rings. The molecule has 0 amide bonds. The van der Waals surface area contributed by atoms with Crippen molar-refractivity contribution in [3.05, 3.63) is 59.2 Å². The van der Waals surface area contributed by atoms with Gasteiger partial charge in [-0.1, -0.05) is 29.8 Å². The lowest BCUT2D eigenvalue weighted by Gasteiger charge is -2.32. The maximum atomic E-state index is 12.1. The standard InChI is InChI=1S/C25H29ClN2O3/c1-18(29)20-17-28(22-8-5-10-24(30-2)25(20)22)14-6-13-27-15-11-19(12-16-27)31-23-9-4-3-7-21(23)26/h3-5,7-10,17,19H,6,11-16H2,1-2H3. The number of carbonyl (C=O) groups excluding carboxylic acids is 1. The Kier molecular flexibility index (Phi) is 6.83. The van der Waals surface area contributed by atoms with E-state index in [9.17, 15) is 4.79 Å². The van der Waals surface area contributed by atoms with E-state index in [1.165, 1.54) is 0 Å². The van der Waals surface area contributed by atoms with Gasteiger partial charge in [-0.3, -0.25) is 4.79 Å². The number of Topliss-reactive ketones (excluding diaryl/α,β-unsaturated/α-hetero) is 1. The van der Waals surface area contributed by atoms with Crippen LogP contribution in [0.2, 0.25) is 5.02 Å². The van der Waals surface area contributed by atoms with Gasteiger partial charge in [-0.2, -0.15) is 0 Å². The van der Waals surface area contributed by atoms with E-state index in [2.05, 4.69) is 15.5 Å². The van der Waals surface area contributed by atoms with Gasteiger partial charge in [0.25, 0.3) is 0 Å². The molecular weight excluding hydrogens is 412 g/mol. The van der Waals surface area contributed by atoms with Gasteiger partial charge < -0.3 is 18.9 Å². The molecule has 0 radical (unpaired) electrons. The van der Waals surface area contributed by atoms with Crippen LogP contribution in [-0.4, -0.2) is 48.1 Å². The molecule has 1 aliphatic rings. The lowest BCUT2D eigenvalue weighted by Crippen LogP contribution is -2.39. The summed E-state index contributed by atoms with van der Waals surface area (Å²) in [6.07, 6.45) is 5.22. The van der Waals surface area contributed by atoms with Crippen molar-refractivity contribution in [1.82, 2.24) is 9.47 Å². The van der Waals surface area contributed by atoms with Crippen LogP contribution in [0.3, 0.4) is 0 Å². The highest BCUT2D eigenvalue weighted by Gasteiger charge is 2.21. The fourth-order valence-corrected chi connectivity index (χ4v) is 4.56. The van der Waals surface area contributed by atoms with Gasteiger partial charge in [0.15, 0.2) is 5.78 Å². The number of methoxy groups -OCH3 is 1. The summed E-state index contributed by atoms with van der Waals surface area (Å²) in [5.74, 6) is 1.59. The van der Waals surface area contributed by atoms with Gasteiger partial charge in [-0.25, -0.2) is 0 Å². The summed E-state index contributed by atoms with van der Waals surface area (Å²) in [4.78, 5) is 14.6. The minimum atomic E-state index is 0.0637. The monoisotopic (exact) mass is 440 g/mol. The molecule has 0 saturated carbocycles. The highest BCUT2D eigenvalue weighted by atomic mass is 35.5. The van der Waals surface area contributed by atoms with Crippen LogP contribution in [0.5, 0.6) is 11.5 Å². The Bertz CT molecular complexity index is 1050. The molecule has 1 fully saturated rings. The smallest absolute Gasteiger partial charge is 0.162 e. The normalized spacial score (nSPS) is 15.3. The van der Waals surface area contributed by atoms with E-state index in [1.807, 2.05) is 42.6 Å². The molecule has 2 aromatic carbocycles. The third-order valence-electron chi connectivity index (χ3n) is 6.01. The Morgan fingerprint density at radius 2 is 1.81 bits per heavy atom. The molecule has 0 N–H and O–H groups in total. The van der Waals surface area contributed by atoms with Gasteiger partial charge in [0, 0.05) is 31.4 Å². The van der Waals surface area contributed by atoms with Crippen molar-refractivity contribution in [2.24, 2.45) is 0 Å². The summed E-state index contributed by atoms with van der Waals surface area (Å²) in [7, 11) is 1.65. The number of halogens is 1. The van der Waals surface area contributed by atoms with E-state index >= 15 is 0 Å². The zero-order valence-electron chi connectivity index (χ0n) is 18.1. The number of hydrogen-bond donors (Lipinski definition) is 0. The number of aryl methyl sites for hydroxylation is 1. The topological polar surface area (TPSA) is 43.7 Å². The number of piperidine rings is 1. The van der Waals surface area contributed by atoms with Gasteiger partial charge in [0.2, 0.25) is 0 Å². The number of ketones is 1. The first-order valence-corrected chi connectivity index (χ1v) is 11.2. The Balaban J connectivity index is 1.32. The molecule has 4 rings (SSSR count). The van der Waals surface area contributed by atoms with Crippen molar-refractivity contribution in [2.75, 3.05) is 26.7 Å². The molecule has 1 aliphatic heterocycles. The summed E-state index contributed by atoms with van der Waals surface area (Å²) in [6, 6.07) is 13.6. The molecule has 0 aliphatic carbocycles. The zero-order chi connectivity index (χ0) is 21.8. The number of nitrogens with zero attached hydrogens (tertiary/aromatic N) is 2. The van der Waals surface area contributed by atoms with Crippen molar-refractivity contribution in [3.63, 3.8) is 0 Å². The van der Waals surface area contributed by atoms with Crippen LogP contribution in [0, 0.1) is 0 Å². The number of fused-ring (bicyclic) bond motifs is 1. The van der Waals surface area contributed by atoms with Crippen LogP contribution in [0.4, 0.5) is 0 Å². The number of likely N-dealkylation sites (tertiary alicyclic amines) is 1. The highest BCUT2D eigenvalue weighted by Crippen LogP contribution is 2.31. The molecule has 0 bridgehead atoms. The Morgan fingerprint density at radius 1 is 1.06 bits per heavy atom. The zero-order valence-corrected chi connectivity index (χ0v) is 18.9. The number of hydrogen-bond acceptors (Lipinski definition) is 4. The van der Waals surface area contributed by atoms with Gasteiger partial charge in [-0.05, 0) is 57.0 Å². The fraction of sp³-hybridized carbons (Fsp3) is 0.400. The minimum absolute atomic E-state index is 0.0637. The van der Waals surface area contributed by atoms with Crippen LogP contribution in [0.25, 0.3) is 10.9 Å². The van der Waals surface area contributed by atoms with E-state index in [0.29, 0.717) is 5.02 Å². The number of benzene rings is 2. The second-order valence-electron chi connectivity index (χ2n) is 8.09. The van der Waals surface area contributed by atoms with Crippen LogP contribution in [0.15, 0.2) is 48.7 Å². The number of rotatable bonds is 8. The van der Waals surface area contributed by atoms with Crippen LogP contribution in [0.1, 0.15) is 36.5 Å². The third kappa shape index (κ3) is 4.89. The van der Waals surface area contributed by atoms with Gasteiger partial charge in [0.1, 0.15) is 17.6 Å². The number of carbonyl (C=O) groups is 1. The van der Waals surface area contributed by atoms with E-state index in [0.717, 1.165) is 73.4 Å². The van der Waals surface area contributed by atoms with E-state index < -0.39 is 0 Å². The van der Waals surface area contributed by atoms with Gasteiger partial charge >= 0.3 is 0 Å². The lowest BCUT2D eigenvalue weighted by molar-refractivity contribution is 0.0994. The molecule has 0 atom stereocenters.